The zero-order valence-electron chi connectivity index (χ0n) is 9.71. The molecule has 2 rings (SSSR count). The molecule has 1 unspecified atom stereocenters. The van der Waals surface area contributed by atoms with Crippen molar-refractivity contribution < 1.29 is 13.9 Å². The summed E-state index contributed by atoms with van der Waals surface area (Å²) in [5.41, 5.74) is 0.967. The smallest absolute Gasteiger partial charge is 0.125 e. The number of aliphatic hydroxyl groups excluding tert-OH is 1. The number of aliphatic hydroxyl groups is 1. The molecule has 0 aliphatic rings. The standard InChI is InChI=1S/C14H10BrClF2O/c15-13-2-1-11(17)4-8(13)6-14(19)9-3-10(16)7-12(18)5-9/h1-5,7,14,19H,6H2. The first-order valence-corrected chi connectivity index (χ1v) is 6.71. The Hall–Kier alpha value is -0.970. The Labute approximate surface area is 123 Å². The van der Waals surface area contributed by atoms with Gasteiger partial charge in [0.1, 0.15) is 11.6 Å². The Bertz CT molecular complexity index is 584. The van der Waals surface area contributed by atoms with Crippen molar-refractivity contribution in [1.29, 1.82) is 0 Å². The van der Waals surface area contributed by atoms with Gasteiger partial charge in [0.25, 0.3) is 0 Å². The Morgan fingerprint density at radius 2 is 1.84 bits per heavy atom. The molecular formula is C14H10BrClF2O. The molecule has 5 heteroatoms. The van der Waals surface area contributed by atoms with E-state index < -0.39 is 11.9 Å². The molecule has 0 radical (unpaired) electrons. The van der Waals surface area contributed by atoms with Gasteiger partial charge in [-0.15, -0.1) is 0 Å². The van der Waals surface area contributed by atoms with Gasteiger partial charge in [-0.2, -0.15) is 0 Å². The van der Waals surface area contributed by atoms with Crippen molar-refractivity contribution in [3.8, 4) is 0 Å². The third-order valence-electron chi connectivity index (χ3n) is 2.69. The molecule has 0 aliphatic heterocycles. The van der Waals surface area contributed by atoms with Crippen LogP contribution in [0.25, 0.3) is 0 Å². The van der Waals surface area contributed by atoms with Gasteiger partial charge in [0, 0.05) is 15.9 Å². The summed E-state index contributed by atoms with van der Waals surface area (Å²) < 4.78 is 27.0. The highest BCUT2D eigenvalue weighted by molar-refractivity contribution is 9.10. The van der Waals surface area contributed by atoms with E-state index in [1.165, 1.54) is 24.3 Å². The van der Waals surface area contributed by atoms with Crippen LogP contribution in [0, 0.1) is 11.6 Å². The van der Waals surface area contributed by atoms with Crippen LogP contribution in [-0.2, 0) is 6.42 Å². The fourth-order valence-electron chi connectivity index (χ4n) is 1.79. The minimum absolute atomic E-state index is 0.165. The number of rotatable bonds is 3. The van der Waals surface area contributed by atoms with Crippen molar-refractivity contribution in [2.75, 3.05) is 0 Å². The van der Waals surface area contributed by atoms with Gasteiger partial charge in [-0.1, -0.05) is 27.5 Å². The van der Waals surface area contributed by atoms with E-state index in [9.17, 15) is 13.9 Å². The molecule has 2 aromatic carbocycles. The maximum Gasteiger partial charge on any atom is 0.125 e. The number of benzene rings is 2. The van der Waals surface area contributed by atoms with Crippen LogP contribution in [0.5, 0.6) is 0 Å². The predicted octanol–water partition coefficient (Wildman–Crippen LogP) is 4.66. The monoisotopic (exact) mass is 346 g/mol. The molecule has 0 bridgehead atoms. The van der Waals surface area contributed by atoms with Gasteiger partial charge in [-0.3, -0.25) is 0 Å². The maximum absolute atomic E-state index is 13.2. The highest BCUT2D eigenvalue weighted by Gasteiger charge is 2.13. The number of hydrogen-bond donors (Lipinski definition) is 1. The van der Waals surface area contributed by atoms with Crippen molar-refractivity contribution in [3.05, 3.63) is 68.7 Å². The normalized spacial score (nSPS) is 12.5. The summed E-state index contributed by atoms with van der Waals surface area (Å²) in [6.45, 7) is 0. The summed E-state index contributed by atoms with van der Waals surface area (Å²) in [7, 11) is 0. The average Bonchev–Trinajstić information content (AvgIpc) is 2.32. The van der Waals surface area contributed by atoms with Gasteiger partial charge in [0.15, 0.2) is 0 Å². The van der Waals surface area contributed by atoms with E-state index in [1.54, 1.807) is 6.07 Å². The largest absolute Gasteiger partial charge is 0.388 e. The quantitative estimate of drug-likeness (QED) is 0.856. The van der Waals surface area contributed by atoms with Gasteiger partial charge >= 0.3 is 0 Å². The van der Waals surface area contributed by atoms with Crippen LogP contribution in [0.3, 0.4) is 0 Å². The lowest BCUT2D eigenvalue weighted by Crippen LogP contribution is -2.03. The van der Waals surface area contributed by atoms with Crippen molar-refractivity contribution in [1.82, 2.24) is 0 Å². The van der Waals surface area contributed by atoms with E-state index in [1.807, 2.05) is 0 Å². The zero-order chi connectivity index (χ0) is 14.0. The predicted molar refractivity (Wildman–Crippen MR) is 74.2 cm³/mol. The van der Waals surface area contributed by atoms with Crippen LogP contribution in [-0.4, -0.2) is 5.11 Å². The Morgan fingerprint density at radius 3 is 2.53 bits per heavy atom. The summed E-state index contributed by atoms with van der Waals surface area (Å²) in [5, 5.41) is 10.3. The van der Waals surface area contributed by atoms with Gasteiger partial charge in [0.2, 0.25) is 0 Å². The summed E-state index contributed by atoms with van der Waals surface area (Å²) in [5.74, 6) is -0.900. The highest BCUT2D eigenvalue weighted by Crippen LogP contribution is 2.26. The molecule has 0 heterocycles. The second-order valence-electron chi connectivity index (χ2n) is 4.16. The molecule has 0 aromatic heterocycles. The van der Waals surface area contributed by atoms with Crippen molar-refractivity contribution >= 4 is 27.5 Å². The first kappa shape index (κ1) is 14.4. The fourth-order valence-corrected chi connectivity index (χ4v) is 2.43. The van der Waals surface area contributed by atoms with E-state index in [-0.39, 0.29) is 17.3 Å². The average molecular weight is 348 g/mol. The Balaban J connectivity index is 2.25. The molecule has 1 atom stereocenters. The SMILES string of the molecule is OC(Cc1cc(F)ccc1Br)c1cc(F)cc(Cl)c1. The molecular weight excluding hydrogens is 338 g/mol. The Kier molecular flexibility index (Phi) is 4.55. The molecule has 0 spiro atoms. The second kappa shape index (κ2) is 5.99. The minimum Gasteiger partial charge on any atom is -0.388 e. The first-order valence-electron chi connectivity index (χ1n) is 5.53. The lowest BCUT2D eigenvalue weighted by Gasteiger charge is -2.13. The first-order chi connectivity index (χ1) is 8.95. The van der Waals surface area contributed by atoms with E-state index in [4.69, 9.17) is 11.6 Å². The molecule has 0 amide bonds. The van der Waals surface area contributed by atoms with Crippen molar-refractivity contribution in [2.45, 2.75) is 12.5 Å². The van der Waals surface area contributed by atoms with Crippen LogP contribution in [0.1, 0.15) is 17.2 Å². The van der Waals surface area contributed by atoms with E-state index in [2.05, 4.69) is 15.9 Å². The van der Waals surface area contributed by atoms with Crippen LogP contribution >= 0.6 is 27.5 Å². The zero-order valence-corrected chi connectivity index (χ0v) is 12.0. The fraction of sp³-hybridized carbons (Fsp3) is 0.143. The lowest BCUT2D eigenvalue weighted by molar-refractivity contribution is 0.177. The molecule has 1 nitrogen and oxygen atoms in total. The maximum atomic E-state index is 13.2. The molecule has 0 fully saturated rings. The van der Waals surface area contributed by atoms with Gasteiger partial charge in [0.05, 0.1) is 6.10 Å². The third kappa shape index (κ3) is 3.75. The van der Waals surface area contributed by atoms with Gasteiger partial charge < -0.3 is 5.11 Å². The van der Waals surface area contributed by atoms with Crippen LogP contribution < -0.4 is 0 Å². The van der Waals surface area contributed by atoms with Gasteiger partial charge in [-0.25, -0.2) is 8.78 Å². The van der Waals surface area contributed by atoms with E-state index >= 15 is 0 Å². The topological polar surface area (TPSA) is 20.2 Å². The van der Waals surface area contributed by atoms with Crippen LogP contribution in [0.4, 0.5) is 8.78 Å². The molecule has 1 N–H and O–H groups in total. The molecule has 0 aliphatic carbocycles. The van der Waals surface area contributed by atoms with Crippen molar-refractivity contribution in [2.24, 2.45) is 0 Å². The molecule has 0 saturated heterocycles. The van der Waals surface area contributed by atoms with E-state index in [0.717, 1.165) is 6.07 Å². The van der Waals surface area contributed by atoms with E-state index in [0.29, 0.717) is 15.6 Å². The number of hydrogen-bond acceptors (Lipinski definition) is 1. The van der Waals surface area contributed by atoms with Gasteiger partial charge in [-0.05, 0) is 47.5 Å². The Morgan fingerprint density at radius 1 is 1.11 bits per heavy atom. The molecule has 100 valence electrons. The minimum atomic E-state index is -0.953. The molecule has 0 saturated carbocycles. The lowest BCUT2D eigenvalue weighted by atomic mass is 10.0. The summed E-state index contributed by atoms with van der Waals surface area (Å²) in [6.07, 6.45) is -0.788. The third-order valence-corrected chi connectivity index (χ3v) is 3.68. The summed E-state index contributed by atoms with van der Waals surface area (Å²) in [6, 6.07) is 8.07. The number of halogens is 4. The van der Waals surface area contributed by atoms with Crippen LogP contribution in [0.15, 0.2) is 40.9 Å². The highest BCUT2D eigenvalue weighted by atomic mass is 79.9. The summed E-state index contributed by atoms with van der Waals surface area (Å²) in [4.78, 5) is 0. The molecule has 2 aromatic rings. The molecule has 19 heavy (non-hydrogen) atoms. The second-order valence-corrected chi connectivity index (χ2v) is 5.45. The summed E-state index contributed by atoms with van der Waals surface area (Å²) >= 11 is 9.02. The van der Waals surface area contributed by atoms with Crippen LogP contribution in [0.2, 0.25) is 5.02 Å². The van der Waals surface area contributed by atoms with Crippen molar-refractivity contribution in [3.63, 3.8) is 0 Å².